The molecule has 0 bridgehead atoms. The molecule has 20 heavy (non-hydrogen) atoms. The van der Waals surface area contributed by atoms with Crippen molar-refractivity contribution in [3.63, 3.8) is 0 Å². The average Bonchev–Trinajstić information content (AvgIpc) is 2.40. The minimum atomic E-state index is 0.0187. The Morgan fingerprint density at radius 1 is 0.950 bits per heavy atom. The first-order chi connectivity index (χ1) is 9.36. The van der Waals surface area contributed by atoms with E-state index in [0.717, 1.165) is 10.9 Å². The van der Waals surface area contributed by atoms with Crippen LogP contribution in [0, 0.1) is 0 Å². The molecule has 2 heteroatoms. The van der Waals surface area contributed by atoms with Crippen LogP contribution in [0.2, 0.25) is 0 Å². The maximum atomic E-state index is 6.54. The highest BCUT2D eigenvalue weighted by molar-refractivity contribution is 9.10. The maximum absolute atomic E-state index is 6.54. The normalized spacial score (nSPS) is 13.2. The Kier molecular flexibility index (Phi) is 4.93. The van der Waals surface area contributed by atoms with Crippen LogP contribution >= 0.6 is 27.5 Å². The smallest absolute Gasteiger partial charge is 0.0625 e. The van der Waals surface area contributed by atoms with Crippen molar-refractivity contribution in [3.05, 3.63) is 69.7 Å². The molecule has 1 atom stereocenters. The minimum absolute atomic E-state index is 0.0187. The predicted octanol–water partition coefficient (Wildman–Crippen LogP) is 6.27. The van der Waals surface area contributed by atoms with E-state index < -0.39 is 0 Å². The number of benzene rings is 2. The van der Waals surface area contributed by atoms with Gasteiger partial charge in [0.05, 0.1) is 5.38 Å². The molecule has 2 aromatic rings. The fourth-order valence-corrected chi connectivity index (χ4v) is 2.73. The molecule has 0 N–H and O–H groups in total. The van der Waals surface area contributed by atoms with E-state index in [1.54, 1.807) is 0 Å². The summed E-state index contributed by atoms with van der Waals surface area (Å²) in [6.07, 6.45) is 0.851. The largest absolute Gasteiger partial charge is 0.117 e. The van der Waals surface area contributed by atoms with E-state index in [1.165, 1.54) is 16.7 Å². The summed E-state index contributed by atoms with van der Waals surface area (Å²) >= 11 is 9.99. The fourth-order valence-electron chi connectivity index (χ4n) is 2.14. The molecule has 0 aliphatic carbocycles. The van der Waals surface area contributed by atoms with Crippen LogP contribution in [0.3, 0.4) is 0 Å². The molecule has 0 nitrogen and oxygen atoms in total. The molecule has 106 valence electrons. The van der Waals surface area contributed by atoms with Gasteiger partial charge in [-0.2, -0.15) is 0 Å². The Balaban J connectivity index is 2.09. The molecule has 1 unspecified atom stereocenters. The Morgan fingerprint density at radius 3 is 2.00 bits per heavy atom. The zero-order chi connectivity index (χ0) is 14.8. The topological polar surface area (TPSA) is 0 Å². The van der Waals surface area contributed by atoms with Gasteiger partial charge in [0.1, 0.15) is 0 Å². The molecule has 0 amide bonds. The summed E-state index contributed by atoms with van der Waals surface area (Å²) in [5, 5.41) is 0.0187. The van der Waals surface area contributed by atoms with E-state index >= 15 is 0 Å². The molecule has 2 rings (SSSR count). The molecular weight excluding hydrogens is 332 g/mol. The molecule has 0 aliphatic rings. The van der Waals surface area contributed by atoms with Crippen molar-refractivity contribution in [2.45, 2.75) is 38.0 Å². The summed E-state index contributed by atoms with van der Waals surface area (Å²) in [6, 6.07) is 17.0. The Labute approximate surface area is 135 Å². The molecule has 0 radical (unpaired) electrons. The summed E-state index contributed by atoms with van der Waals surface area (Å²) in [7, 11) is 0. The molecular formula is C18H20BrCl. The van der Waals surface area contributed by atoms with E-state index in [2.05, 4.69) is 85.2 Å². The van der Waals surface area contributed by atoms with E-state index in [9.17, 15) is 0 Å². The standard InChI is InChI=1S/C18H20BrCl/c1-18(2,3)15-8-6-14(7-9-15)17(20)12-13-4-10-16(19)11-5-13/h4-11,17H,12H2,1-3H3. The van der Waals surface area contributed by atoms with Crippen molar-refractivity contribution < 1.29 is 0 Å². The lowest BCUT2D eigenvalue weighted by atomic mass is 9.86. The Morgan fingerprint density at radius 2 is 1.50 bits per heavy atom. The molecule has 0 spiro atoms. The van der Waals surface area contributed by atoms with Crippen molar-refractivity contribution in [3.8, 4) is 0 Å². The van der Waals surface area contributed by atoms with Gasteiger partial charge in [-0.15, -0.1) is 11.6 Å². The summed E-state index contributed by atoms with van der Waals surface area (Å²) in [6.45, 7) is 6.67. The number of hydrogen-bond donors (Lipinski definition) is 0. The second-order valence-corrected chi connectivity index (χ2v) is 7.61. The van der Waals surface area contributed by atoms with Crippen LogP contribution in [0.4, 0.5) is 0 Å². The quantitative estimate of drug-likeness (QED) is 0.572. The van der Waals surface area contributed by atoms with Crippen LogP contribution in [0.25, 0.3) is 0 Å². The summed E-state index contributed by atoms with van der Waals surface area (Å²) in [5.74, 6) is 0. The second-order valence-electron chi connectivity index (χ2n) is 6.17. The third-order valence-electron chi connectivity index (χ3n) is 3.47. The van der Waals surface area contributed by atoms with Crippen molar-refractivity contribution in [2.24, 2.45) is 0 Å². The van der Waals surface area contributed by atoms with Crippen molar-refractivity contribution in [1.29, 1.82) is 0 Å². The molecule has 0 saturated heterocycles. The lowest BCUT2D eigenvalue weighted by Gasteiger charge is -2.20. The van der Waals surface area contributed by atoms with Crippen molar-refractivity contribution in [1.82, 2.24) is 0 Å². The number of hydrogen-bond acceptors (Lipinski definition) is 0. The minimum Gasteiger partial charge on any atom is -0.117 e. The van der Waals surface area contributed by atoms with Gasteiger partial charge in [0.2, 0.25) is 0 Å². The van der Waals surface area contributed by atoms with Gasteiger partial charge in [0.15, 0.2) is 0 Å². The second kappa shape index (κ2) is 6.32. The van der Waals surface area contributed by atoms with Gasteiger partial charge >= 0.3 is 0 Å². The lowest BCUT2D eigenvalue weighted by molar-refractivity contribution is 0.590. The van der Waals surface area contributed by atoms with E-state index in [1.807, 2.05) is 0 Å². The van der Waals surface area contributed by atoms with Crippen LogP contribution in [0.1, 0.15) is 42.8 Å². The van der Waals surface area contributed by atoms with Gasteiger partial charge in [0.25, 0.3) is 0 Å². The van der Waals surface area contributed by atoms with E-state index in [0.29, 0.717) is 0 Å². The number of alkyl halides is 1. The summed E-state index contributed by atoms with van der Waals surface area (Å²) < 4.78 is 1.10. The lowest BCUT2D eigenvalue weighted by Crippen LogP contribution is -2.10. The molecule has 0 aromatic heterocycles. The van der Waals surface area contributed by atoms with Gasteiger partial charge in [-0.1, -0.05) is 73.1 Å². The van der Waals surface area contributed by atoms with Crippen molar-refractivity contribution >= 4 is 27.5 Å². The van der Waals surface area contributed by atoms with Crippen molar-refractivity contribution in [2.75, 3.05) is 0 Å². The Hall–Kier alpha value is -0.790. The first-order valence-corrected chi connectivity index (χ1v) is 8.08. The Bertz CT molecular complexity index is 549. The predicted molar refractivity (Wildman–Crippen MR) is 91.6 cm³/mol. The highest BCUT2D eigenvalue weighted by Crippen LogP contribution is 2.28. The highest BCUT2D eigenvalue weighted by Gasteiger charge is 2.14. The molecule has 0 saturated carbocycles. The summed E-state index contributed by atoms with van der Waals surface area (Å²) in [4.78, 5) is 0. The van der Waals surface area contributed by atoms with Crippen LogP contribution in [0.15, 0.2) is 53.0 Å². The molecule has 0 aliphatic heterocycles. The van der Waals surface area contributed by atoms with Gasteiger partial charge in [0, 0.05) is 4.47 Å². The fraction of sp³-hybridized carbons (Fsp3) is 0.333. The third-order valence-corrected chi connectivity index (χ3v) is 4.40. The van der Waals surface area contributed by atoms with Crippen LogP contribution in [-0.4, -0.2) is 0 Å². The monoisotopic (exact) mass is 350 g/mol. The van der Waals surface area contributed by atoms with Crippen LogP contribution in [-0.2, 0) is 11.8 Å². The van der Waals surface area contributed by atoms with Gasteiger partial charge in [-0.3, -0.25) is 0 Å². The summed E-state index contributed by atoms with van der Waals surface area (Å²) in [5.41, 5.74) is 3.97. The SMILES string of the molecule is CC(C)(C)c1ccc(C(Cl)Cc2ccc(Br)cc2)cc1. The van der Waals surface area contributed by atoms with E-state index in [4.69, 9.17) is 11.6 Å². The molecule has 0 fully saturated rings. The van der Waals surface area contributed by atoms with Crippen LogP contribution in [0.5, 0.6) is 0 Å². The number of halogens is 2. The average molecular weight is 352 g/mol. The highest BCUT2D eigenvalue weighted by atomic mass is 79.9. The first kappa shape index (κ1) is 15.6. The maximum Gasteiger partial charge on any atom is 0.0625 e. The van der Waals surface area contributed by atoms with Gasteiger partial charge in [-0.05, 0) is 40.7 Å². The van der Waals surface area contributed by atoms with Crippen LogP contribution < -0.4 is 0 Å². The zero-order valence-electron chi connectivity index (χ0n) is 12.2. The first-order valence-electron chi connectivity index (χ1n) is 6.85. The molecule has 2 aromatic carbocycles. The van der Waals surface area contributed by atoms with Gasteiger partial charge < -0.3 is 0 Å². The zero-order valence-corrected chi connectivity index (χ0v) is 14.5. The molecule has 0 heterocycles. The van der Waals surface area contributed by atoms with Gasteiger partial charge in [-0.25, -0.2) is 0 Å². The third kappa shape index (κ3) is 4.10. The van der Waals surface area contributed by atoms with E-state index in [-0.39, 0.29) is 10.8 Å². The number of rotatable bonds is 3.